The highest BCUT2D eigenvalue weighted by atomic mass is 15.3. The quantitative estimate of drug-likeness (QED) is 0.150. The van der Waals surface area contributed by atoms with Crippen LogP contribution in [0.2, 0.25) is 0 Å². The average Bonchev–Trinajstić information content (AvgIpc) is 3.47. The zero-order valence-electron chi connectivity index (χ0n) is 23.9. The van der Waals surface area contributed by atoms with E-state index in [1.807, 2.05) is 16.7 Å². The molecule has 5 aromatic rings. The van der Waals surface area contributed by atoms with Crippen molar-refractivity contribution in [2.24, 2.45) is 0 Å². The first-order chi connectivity index (χ1) is 20.7. The van der Waals surface area contributed by atoms with Gasteiger partial charge in [-0.15, -0.1) is 13.2 Å². The molecule has 0 radical (unpaired) electrons. The van der Waals surface area contributed by atoms with Crippen LogP contribution in [0.3, 0.4) is 0 Å². The van der Waals surface area contributed by atoms with Crippen molar-refractivity contribution in [3.05, 3.63) is 139 Å². The smallest absolute Gasteiger partial charge is 0.229 e. The van der Waals surface area contributed by atoms with E-state index in [1.54, 1.807) is 6.33 Å². The summed E-state index contributed by atoms with van der Waals surface area (Å²) in [5, 5.41) is 7.52. The Morgan fingerprint density at radius 1 is 0.786 bits per heavy atom. The van der Waals surface area contributed by atoms with E-state index in [4.69, 9.17) is 9.97 Å². The molecule has 6 rings (SSSR count). The van der Waals surface area contributed by atoms with E-state index in [-0.39, 0.29) is 6.04 Å². The third-order valence-electron chi connectivity index (χ3n) is 8.01. The predicted octanol–water partition coefficient (Wildman–Crippen LogP) is 6.16. The maximum atomic E-state index is 4.97. The van der Waals surface area contributed by atoms with E-state index in [2.05, 4.69) is 125 Å². The minimum Gasteiger partial charge on any atom is -0.365 e. The SMILES string of the molecule is C=CCNc1nc(N2CCC(NC(c3ccccc3)(c3ccccc3)c3ccccc3)CC2)nc2c1ncn2CC=C. The van der Waals surface area contributed by atoms with Crippen LogP contribution >= 0.6 is 0 Å². The summed E-state index contributed by atoms with van der Waals surface area (Å²) in [6, 6.07) is 32.7. The van der Waals surface area contributed by atoms with Gasteiger partial charge in [-0.3, -0.25) is 5.32 Å². The molecule has 3 heterocycles. The molecule has 0 atom stereocenters. The molecule has 42 heavy (non-hydrogen) atoms. The predicted molar refractivity (Wildman–Crippen MR) is 172 cm³/mol. The van der Waals surface area contributed by atoms with Gasteiger partial charge < -0.3 is 14.8 Å². The summed E-state index contributed by atoms with van der Waals surface area (Å²) >= 11 is 0. The molecule has 3 aromatic carbocycles. The zero-order chi connectivity index (χ0) is 28.8. The number of hydrogen-bond donors (Lipinski definition) is 2. The summed E-state index contributed by atoms with van der Waals surface area (Å²) in [6.07, 6.45) is 7.39. The first-order valence-electron chi connectivity index (χ1n) is 14.6. The van der Waals surface area contributed by atoms with Crippen LogP contribution in [0, 0.1) is 0 Å². The van der Waals surface area contributed by atoms with Gasteiger partial charge in [-0.1, -0.05) is 103 Å². The van der Waals surface area contributed by atoms with Gasteiger partial charge in [0.1, 0.15) is 0 Å². The second-order valence-electron chi connectivity index (χ2n) is 10.7. The lowest BCUT2D eigenvalue weighted by molar-refractivity contribution is 0.337. The van der Waals surface area contributed by atoms with Gasteiger partial charge in [0.2, 0.25) is 5.95 Å². The van der Waals surface area contributed by atoms with E-state index >= 15 is 0 Å². The van der Waals surface area contributed by atoms with Gasteiger partial charge in [0.25, 0.3) is 0 Å². The Labute approximate surface area is 247 Å². The fraction of sp³-hybridized carbons (Fsp3) is 0.229. The second kappa shape index (κ2) is 12.4. The molecule has 2 N–H and O–H groups in total. The van der Waals surface area contributed by atoms with Gasteiger partial charge >= 0.3 is 0 Å². The second-order valence-corrected chi connectivity index (χ2v) is 10.7. The first-order valence-corrected chi connectivity index (χ1v) is 14.6. The number of allylic oxidation sites excluding steroid dienone is 1. The molecule has 7 heteroatoms. The lowest BCUT2D eigenvalue weighted by Crippen LogP contribution is -2.53. The maximum Gasteiger partial charge on any atom is 0.229 e. The summed E-state index contributed by atoms with van der Waals surface area (Å²) < 4.78 is 2.01. The van der Waals surface area contributed by atoms with E-state index in [9.17, 15) is 0 Å². The molecular weight excluding hydrogens is 518 g/mol. The molecule has 0 saturated carbocycles. The molecule has 0 bridgehead atoms. The van der Waals surface area contributed by atoms with Gasteiger partial charge in [-0.2, -0.15) is 9.97 Å². The number of nitrogens with one attached hydrogen (secondary N) is 2. The molecule has 2 aromatic heterocycles. The Morgan fingerprint density at radius 3 is 1.88 bits per heavy atom. The Kier molecular flexibility index (Phi) is 8.10. The summed E-state index contributed by atoms with van der Waals surface area (Å²) in [7, 11) is 0. The van der Waals surface area contributed by atoms with E-state index in [0.717, 1.165) is 48.9 Å². The van der Waals surface area contributed by atoms with E-state index < -0.39 is 5.54 Å². The minimum atomic E-state index is -0.481. The Bertz CT molecular complexity index is 1530. The highest BCUT2D eigenvalue weighted by molar-refractivity contribution is 5.84. The largest absolute Gasteiger partial charge is 0.365 e. The molecule has 1 saturated heterocycles. The number of hydrogen-bond acceptors (Lipinski definition) is 6. The topological polar surface area (TPSA) is 70.9 Å². The highest BCUT2D eigenvalue weighted by Crippen LogP contribution is 2.38. The van der Waals surface area contributed by atoms with Crippen molar-refractivity contribution in [2.75, 3.05) is 29.9 Å². The van der Waals surface area contributed by atoms with Gasteiger partial charge in [-0.05, 0) is 29.5 Å². The molecule has 0 spiro atoms. The van der Waals surface area contributed by atoms with Gasteiger partial charge in [-0.25, -0.2) is 4.98 Å². The normalized spacial score (nSPS) is 14.1. The van der Waals surface area contributed by atoms with Crippen LogP contribution in [0.5, 0.6) is 0 Å². The lowest BCUT2D eigenvalue weighted by atomic mass is 9.76. The summed E-state index contributed by atoms with van der Waals surface area (Å²) in [4.78, 5) is 16.8. The molecule has 1 aliphatic rings. The van der Waals surface area contributed by atoms with Crippen molar-refractivity contribution in [3.8, 4) is 0 Å². The molecule has 0 amide bonds. The third kappa shape index (κ3) is 5.31. The maximum absolute atomic E-state index is 4.97. The van der Waals surface area contributed by atoms with Crippen LogP contribution in [-0.4, -0.2) is 45.2 Å². The van der Waals surface area contributed by atoms with Crippen LogP contribution in [-0.2, 0) is 12.1 Å². The number of fused-ring (bicyclic) bond motifs is 1. The summed E-state index contributed by atoms with van der Waals surface area (Å²) in [6.45, 7) is 10.7. The molecule has 1 aliphatic heterocycles. The standard InChI is InChI=1S/C35H37N7/c1-3-22-36-32-31-33(42(23-4-2)26-37-31)39-34(38-32)41-24-20-30(21-25-41)40-35(27-14-8-5-9-15-27,28-16-10-6-11-17-28)29-18-12-7-13-19-29/h3-19,26,30,40H,1-2,20-25H2,(H,36,38,39). The van der Waals surface area contributed by atoms with Crippen molar-refractivity contribution >= 4 is 22.9 Å². The Hall–Kier alpha value is -4.75. The lowest BCUT2D eigenvalue weighted by Gasteiger charge is -2.42. The molecular formula is C35H37N7. The van der Waals surface area contributed by atoms with Crippen molar-refractivity contribution in [2.45, 2.75) is 31.0 Å². The number of benzene rings is 3. The van der Waals surface area contributed by atoms with Crippen molar-refractivity contribution in [3.63, 3.8) is 0 Å². The van der Waals surface area contributed by atoms with Gasteiger partial charge in [0.15, 0.2) is 17.0 Å². The third-order valence-corrected chi connectivity index (χ3v) is 8.01. The fourth-order valence-electron chi connectivity index (χ4n) is 5.98. The van der Waals surface area contributed by atoms with E-state index in [0.29, 0.717) is 13.1 Å². The average molecular weight is 556 g/mol. The number of anilines is 2. The van der Waals surface area contributed by atoms with Gasteiger partial charge in [0.05, 0.1) is 11.9 Å². The monoisotopic (exact) mass is 555 g/mol. The first kappa shape index (κ1) is 27.4. The number of aromatic nitrogens is 4. The molecule has 0 aliphatic carbocycles. The van der Waals surface area contributed by atoms with Crippen molar-refractivity contribution < 1.29 is 0 Å². The van der Waals surface area contributed by atoms with Crippen molar-refractivity contribution in [1.82, 2.24) is 24.8 Å². The molecule has 212 valence electrons. The number of piperidine rings is 1. The van der Waals surface area contributed by atoms with Crippen LogP contribution in [0.15, 0.2) is 123 Å². The van der Waals surface area contributed by atoms with Crippen molar-refractivity contribution in [1.29, 1.82) is 0 Å². The summed E-state index contributed by atoms with van der Waals surface area (Å²) in [5.41, 5.74) is 4.77. The number of rotatable bonds is 11. The van der Waals surface area contributed by atoms with Crippen LogP contribution < -0.4 is 15.5 Å². The fourth-order valence-corrected chi connectivity index (χ4v) is 5.98. The number of nitrogens with zero attached hydrogens (tertiary/aromatic N) is 5. The zero-order valence-corrected chi connectivity index (χ0v) is 23.9. The molecule has 0 unspecified atom stereocenters. The van der Waals surface area contributed by atoms with Gasteiger partial charge in [0, 0.05) is 32.2 Å². The van der Waals surface area contributed by atoms with Crippen LogP contribution in [0.4, 0.5) is 11.8 Å². The number of imidazole rings is 1. The highest BCUT2D eigenvalue weighted by Gasteiger charge is 2.39. The minimum absolute atomic E-state index is 0.287. The van der Waals surface area contributed by atoms with Crippen LogP contribution in [0.1, 0.15) is 29.5 Å². The van der Waals surface area contributed by atoms with Crippen LogP contribution in [0.25, 0.3) is 11.2 Å². The van der Waals surface area contributed by atoms with E-state index in [1.165, 1.54) is 16.7 Å². The summed E-state index contributed by atoms with van der Waals surface area (Å²) in [5.74, 6) is 1.45. The molecule has 1 fully saturated rings. The Balaban J connectivity index is 1.31. The molecule has 7 nitrogen and oxygen atoms in total. The Morgan fingerprint density at radius 2 is 1.36 bits per heavy atom.